The second-order valence-corrected chi connectivity index (χ2v) is 4.48. The van der Waals surface area contributed by atoms with Gasteiger partial charge in [0.2, 0.25) is 0 Å². The Balaban J connectivity index is 2.76. The van der Waals surface area contributed by atoms with Gasteiger partial charge >= 0.3 is 5.97 Å². The Morgan fingerprint density at radius 1 is 1.33 bits per heavy atom. The second kappa shape index (κ2) is 5.17. The van der Waals surface area contributed by atoms with Gasteiger partial charge in [-0.15, -0.1) is 11.6 Å². The lowest BCUT2D eigenvalue weighted by Gasteiger charge is -2.07. The molecule has 0 heterocycles. The molecule has 0 amide bonds. The number of hydrogen-bond donors (Lipinski definition) is 1. The summed E-state index contributed by atoms with van der Waals surface area (Å²) in [5, 5.41) is 7.77. The molecule has 0 radical (unpaired) electrons. The highest BCUT2D eigenvalue weighted by Gasteiger charge is 2.15. The van der Waals surface area contributed by atoms with Crippen molar-refractivity contribution in [3.8, 4) is 0 Å². The van der Waals surface area contributed by atoms with Crippen LogP contribution in [0.4, 0.5) is 0 Å². The van der Waals surface area contributed by atoms with E-state index >= 15 is 0 Å². The molecule has 15 heavy (non-hydrogen) atoms. The summed E-state index contributed by atoms with van der Waals surface area (Å²) in [5.41, 5.74) is 1.85. The Morgan fingerprint density at radius 3 is 2.27 bits per heavy atom. The van der Waals surface area contributed by atoms with E-state index in [0.717, 1.165) is 6.42 Å². The summed E-state index contributed by atoms with van der Waals surface area (Å²) >= 11 is 5.70. The topological polar surface area (TPSA) is 37.3 Å². The van der Waals surface area contributed by atoms with Crippen molar-refractivity contribution >= 4 is 17.6 Å². The summed E-state index contributed by atoms with van der Waals surface area (Å²) in [7, 11) is 0. The zero-order valence-electron chi connectivity index (χ0n) is 8.90. The number of rotatable bonds is 4. The maximum absolute atomic E-state index is 10.6. The predicted octanol–water partition coefficient (Wildman–Crippen LogP) is 3.25. The molecule has 82 valence electrons. The molecule has 0 aliphatic rings. The first-order valence-electron chi connectivity index (χ1n) is 4.96. The third-order valence-electron chi connectivity index (χ3n) is 2.13. The van der Waals surface area contributed by atoms with Crippen molar-refractivity contribution in [3.05, 3.63) is 35.4 Å². The third-order valence-corrected chi connectivity index (χ3v) is 2.57. The minimum atomic E-state index is -1.01. The van der Waals surface area contributed by atoms with Gasteiger partial charge in [0, 0.05) is 0 Å². The molecule has 1 N–H and O–H groups in total. The molecule has 1 atom stereocenters. The Bertz CT molecular complexity index is 330. The largest absolute Gasteiger partial charge is 0.480 e. The summed E-state index contributed by atoms with van der Waals surface area (Å²) in [5.74, 6) is -0.407. The van der Waals surface area contributed by atoms with E-state index < -0.39 is 11.3 Å². The SMILES string of the molecule is CC(C)Cc1ccc(C(Cl)C(=O)O)cc1. The molecule has 0 aliphatic carbocycles. The lowest BCUT2D eigenvalue weighted by molar-refractivity contribution is -0.136. The summed E-state index contributed by atoms with van der Waals surface area (Å²) in [6.07, 6.45) is 1.00. The number of aliphatic carboxylic acids is 1. The van der Waals surface area contributed by atoms with Crippen molar-refractivity contribution in [2.75, 3.05) is 0 Å². The van der Waals surface area contributed by atoms with Crippen LogP contribution in [-0.2, 0) is 11.2 Å². The Kier molecular flexibility index (Phi) is 4.15. The first kappa shape index (κ1) is 12.1. The fourth-order valence-electron chi connectivity index (χ4n) is 1.44. The molecule has 0 fully saturated rings. The van der Waals surface area contributed by atoms with Gasteiger partial charge < -0.3 is 5.11 Å². The fourth-order valence-corrected chi connectivity index (χ4v) is 1.58. The van der Waals surface area contributed by atoms with Crippen LogP contribution in [0.25, 0.3) is 0 Å². The highest BCUT2D eigenvalue weighted by molar-refractivity contribution is 6.29. The van der Waals surface area contributed by atoms with E-state index in [-0.39, 0.29) is 0 Å². The quantitative estimate of drug-likeness (QED) is 0.801. The van der Waals surface area contributed by atoms with E-state index in [1.165, 1.54) is 5.56 Å². The number of halogens is 1. The van der Waals surface area contributed by atoms with Crippen LogP contribution < -0.4 is 0 Å². The van der Waals surface area contributed by atoms with E-state index in [4.69, 9.17) is 16.7 Å². The third kappa shape index (κ3) is 3.56. The molecule has 1 aromatic carbocycles. The minimum absolute atomic E-state index is 0.599. The molecule has 3 heteroatoms. The van der Waals surface area contributed by atoms with Crippen molar-refractivity contribution < 1.29 is 9.90 Å². The molecular weight excluding hydrogens is 212 g/mol. The number of benzene rings is 1. The van der Waals surface area contributed by atoms with Gasteiger partial charge in [-0.25, -0.2) is 0 Å². The van der Waals surface area contributed by atoms with Crippen molar-refractivity contribution in [2.45, 2.75) is 25.6 Å². The van der Waals surface area contributed by atoms with Gasteiger partial charge in [0.15, 0.2) is 5.38 Å². The highest BCUT2D eigenvalue weighted by atomic mass is 35.5. The van der Waals surface area contributed by atoms with Crippen LogP contribution in [0.15, 0.2) is 24.3 Å². The Hall–Kier alpha value is -1.02. The maximum atomic E-state index is 10.6. The highest BCUT2D eigenvalue weighted by Crippen LogP contribution is 2.21. The molecule has 0 saturated carbocycles. The van der Waals surface area contributed by atoms with Crippen molar-refractivity contribution in [1.82, 2.24) is 0 Å². The van der Waals surface area contributed by atoms with Crippen LogP contribution in [0.2, 0.25) is 0 Å². The maximum Gasteiger partial charge on any atom is 0.326 e. The van der Waals surface area contributed by atoms with Crippen LogP contribution in [-0.4, -0.2) is 11.1 Å². The van der Waals surface area contributed by atoms with Gasteiger partial charge in [-0.1, -0.05) is 38.1 Å². The van der Waals surface area contributed by atoms with Gasteiger partial charge in [0.1, 0.15) is 0 Å². The predicted molar refractivity (Wildman–Crippen MR) is 61.2 cm³/mol. The zero-order valence-corrected chi connectivity index (χ0v) is 9.66. The van der Waals surface area contributed by atoms with E-state index in [1.54, 1.807) is 12.1 Å². The molecule has 1 aromatic rings. The number of hydrogen-bond acceptors (Lipinski definition) is 1. The van der Waals surface area contributed by atoms with Crippen LogP contribution in [0.5, 0.6) is 0 Å². The normalized spacial score (nSPS) is 12.8. The first-order chi connectivity index (χ1) is 7.00. The van der Waals surface area contributed by atoms with Gasteiger partial charge in [-0.2, -0.15) is 0 Å². The van der Waals surface area contributed by atoms with Crippen molar-refractivity contribution in [1.29, 1.82) is 0 Å². The van der Waals surface area contributed by atoms with E-state index in [0.29, 0.717) is 11.5 Å². The van der Waals surface area contributed by atoms with Crippen molar-refractivity contribution in [3.63, 3.8) is 0 Å². The number of carboxylic acids is 1. The average molecular weight is 227 g/mol. The summed E-state index contributed by atoms with van der Waals surface area (Å²) in [6.45, 7) is 4.30. The van der Waals surface area contributed by atoms with Gasteiger partial charge in [0.25, 0.3) is 0 Å². The van der Waals surface area contributed by atoms with Crippen LogP contribution >= 0.6 is 11.6 Å². The first-order valence-corrected chi connectivity index (χ1v) is 5.40. The molecule has 0 aromatic heterocycles. The van der Waals surface area contributed by atoms with E-state index in [9.17, 15) is 4.79 Å². The van der Waals surface area contributed by atoms with Crippen LogP contribution in [0.1, 0.15) is 30.4 Å². The van der Waals surface area contributed by atoms with E-state index in [2.05, 4.69) is 13.8 Å². The molecule has 0 saturated heterocycles. The Morgan fingerprint density at radius 2 is 1.87 bits per heavy atom. The van der Waals surface area contributed by atoms with Crippen molar-refractivity contribution in [2.24, 2.45) is 5.92 Å². The number of carbonyl (C=O) groups is 1. The smallest absolute Gasteiger partial charge is 0.326 e. The zero-order chi connectivity index (χ0) is 11.4. The average Bonchev–Trinajstić information content (AvgIpc) is 2.17. The van der Waals surface area contributed by atoms with Gasteiger partial charge in [-0.05, 0) is 23.5 Å². The lowest BCUT2D eigenvalue weighted by Crippen LogP contribution is -2.05. The monoisotopic (exact) mass is 226 g/mol. The molecule has 0 aliphatic heterocycles. The van der Waals surface area contributed by atoms with Crippen LogP contribution in [0, 0.1) is 5.92 Å². The molecule has 0 bridgehead atoms. The molecule has 0 spiro atoms. The summed E-state index contributed by atoms with van der Waals surface area (Å²) < 4.78 is 0. The lowest BCUT2D eigenvalue weighted by atomic mass is 10.0. The minimum Gasteiger partial charge on any atom is -0.480 e. The molecule has 1 unspecified atom stereocenters. The number of carboxylic acid groups (broad SMARTS) is 1. The summed E-state index contributed by atoms with van der Waals surface area (Å²) in [6, 6.07) is 7.44. The van der Waals surface area contributed by atoms with E-state index in [1.807, 2.05) is 12.1 Å². The van der Waals surface area contributed by atoms with Crippen LogP contribution in [0.3, 0.4) is 0 Å². The Labute approximate surface area is 94.9 Å². The van der Waals surface area contributed by atoms with Gasteiger partial charge in [-0.3, -0.25) is 4.79 Å². The fraction of sp³-hybridized carbons (Fsp3) is 0.417. The van der Waals surface area contributed by atoms with Gasteiger partial charge in [0.05, 0.1) is 0 Å². The summed E-state index contributed by atoms with van der Waals surface area (Å²) in [4.78, 5) is 10.6. The molecule has 2 nitrogen and oxygen atoms in total. The molecule has 1 rings (SSSR count). The number of alkyl halides is 1. The molecular formula is C12H15ClO2. The second-order valence-electron chi connectivity index (χ2n) is 4.04. The standard InChI is InChI=1S/C12H15ClO2/c1-8(2)7-9-3-5-10(6-4-9)11(13)12(14)15/h3-6,8,11H,7H2,1-2H3,(H,14,15).